The number of hydrogen-bond donors (Lipinski definition) is 0. The number of aromatic nitrogens is 1. The molecule has 0 atom stereocenters. The first-order chi connectivity index (χ1) is 11.8. The molecular weight excluding hydrogens is 294 g/mol. The maximum Gasteiger partial charge on any atom is 0.0702 e. The van der Waals surface area contributed by atoms with Gasteiger partial charge in [-0.05, 0) is 49.0 Å². The SMILES string of the molecule is CN1CCN(c2ccccc2)c2ccc(-c3ccccn3)cc2C1. The fourth-order valence-corrected chi connectivity index (χ4v) is 3.31. The molecule has 3 heteroatoms. The Hall–Kier alpha value is -2.65. The third-order valence-corrected chi connectivity index (χ3v) is 4.54. The van der Waals surface area contributed by atoms with E-state index in [9.17, 15) is 0 Å². The number of benzene rings is 2. The molecule has 24 heavy (non-hydrogen) atoms. The number of para-hydroxylation sites is 1. The molecule has 0 saturated carbocycles. The molecule has 0 amide bonds. The van der Waals surface area contributed by atoms with E-state index in [4.69, 9.17) is 0 Å². The number of fused-ring (bicyclic) bond motifs is 1. The van der Waals surface area contributed by atoms with Crippen molar-refractivity contribution in [2.75, 3.05) is 25.0 Å². The van der Waals surface area contributed by atoms with Crippen LogP contribution in [-0.2, 0) is 6.54 Å². The molecule has 1 aliphatic heterocycles. The number of anilines is 2. The van der Waals surface area contributed by atoms with Crippen LogP contribution in [0.5, 0.6) is 0 Å². The quantitative estimate of drug-likeness (QED) is 0.701. The fourth-order valence-electron chi connectivity index (χ4n) is 3.31. The average Bonchev–Trinajstić information content (AvgIpc) is 2.80. The predicted octanol–water partition coefficient (Wildman–Crippen LogP) is 4.33. The second-order valence-electron chi connectivity index (χ2n) is 6.28. The van der Waals surface area contributed by atoms with E-state index >= 15 is 0 Å². The minimum Gasteiger partial charge on any atom is -0.340 e. The summed E-state index contributed by atoms with van der Waals surface area (Å²) in [6.45, 7) is 3.00. The van der Waals surface area contributed by atoms with Gasteiger partial charge in [-0.1, -0.05) is 30.3 Å². The first-order valence-corrected chi connectivity index (χ1v) is 8.37. The zero-order chi connectivity index (χ0) is 16.4. The Morgan fingerprint density at radius 2 is 1.71 bits per heavy atom. The molecule has 0 spiro atoms. The summed E-state index contributed by atoms with van der Waals surface area (Å²) < 4.78 is 0. The molecule has 1 aliphatic rings. The summed E-state index contributed by atoms with van der Waals surface area (Å²) in [4.78, 5) is 9.29. The predicted molar refractivity (Wildman–Crippen MR) is 99.5 cm³/mol. The van der Waals surface area contributed by atoms with Gasteiger partial charge in [-0.3, -0.25) is 4.98 Å². The Labute approximate surface area is 143 Å². The van der Waals surface area contributed by atoms with Gasteiger partial charge in [-0.15, -0.1) is 0 Å². The van der Waals surface area contributed by atoms with Gasteiger partial charge >= 0.3 is 0 Å². The first-order valence-electron chi connectivity index (χ1n) is 8.37. The van der Waals surface area contributed by atoms with E-state index in [0.717, 1.165) is 25.3 Å². The average molecular weight is 315 g/mol. The molecule has 0 aliphatic carbocycles. The molecule has 1 aromatic heterocycles. The molecule has 120 valence electrons. The molecule has 2 heterocycles. The number of nitrogens with zero attached hydrogens (tertiary/aromatic N) is 3. The monoisotopic (exact) mass is 315 g/mol. The minimum absolute atomic E-state index is 0.958. The maximum atomic E-state index is 4.49. The lowest BCUT2D eigenvalue weighted by molar-refractivity contribution is 0.343. The van der Waals surface area contributed by atoms with Crippen molar-refractivity contribution in [1.29, 1.82) is 0 Å². The van der Waals surface area contributed by atoms with Crippen molar-refractivity contribution < 1.29 is 0 Å². The van der Waals surface area contributed by atoms with Gasteiger partial charge in [0, 0.05) is 42.8 Å². The zero-order valence-corrected chi connectivity index (χ0v) is 13.9. The molecule has 0 saturated heterocycles. The van der Waals surface area contributed by atoms with Gasteiger partial charge < -0.3 is 9.80 Å². The molecule has 0 N–H and O–H groups in total. The fraction of sp³-hybridized carbons (Fsp3) is 0.190. The van der Waals surface area contributed by atoms with Crippen molar-refractivity contribution in [3.8, 4) is 11.3 Å². The minimum atomic E-state index is 0.958. The summed E-state index contributed by atoms with van der Waals surface area (Å²) in [7, 11) is 2.19. The van der Waals surface area contributed by atoms with Gasteiger partial charge in [-0.25, -0.2) is 0 Å². The van der Waals surface area contributed by atoms with E-state index in [-0.39, 0.29) is 0 Å². The van der Waals surface area contributed by atoms with Crippen LogP contribution in [0.15, 0.2) is 72.9 Å². The molecule has 3 nitrogen and oxygen atoms in total. The number of pyridine rings is 1. The van der Waals surface area contributed by atoms with Crippen LogP contribution < -0.4 is 4.90 Å². The second-order valence-corrected chi connectivity index (χ2v) is 6.28. The van der Waals surface area contributed by atoms with Gasteiger partial charge in [0.05, 0.1) is 5.69 Å². The van der Waals surface area contributed by atoms with Crippen molar-refractivity contribution >= 4 is 11.4 Å². The Morgan fingerprint density at radius 1 is 0.875 bits per heavy atom. The van der Waals surface area contributed by atoms with E-state index in [1.165, 1.54) is 22.5 Å². The number of likely N-dealkylation sites (N-methyl/N-ethyl adjacent to an activating group) is 1. The summed E-state index contributed by atoms with van der Waals surface area (Å²) in [5.74, 6) is 0. The first kappa shape index (κ1) is 14.9. The highest BCUT2D eigenvalue weighted by molar-refractivity contribution is 5.72. The Balaban J connectivity index is 1.79. The highest BCUT2D eigenvalue weighted by Crippen LogP contribution is 2.33. The largest absolute Gasteiger partial charge is 0.340 e. The summed E-state index contributed by atoms with van der Waals surface area (Å²) in [5, 5.41) is 0. The van der Waals surface area contributed by atoms with Crippen LogP contribution in [0.4, 0.5) is 11.4 Å². The topological polar surface area (TPSA) is 19.4 Å². The van der Waals surface area contributed by atoms with Crippen LogP contribution in [0.2, 0.25) is 0 Å². The van der Waals surface area contributed by atoms with Gasteiger partial charge in [0.15, 0.2) is 0 Å². The van der Waals surface area contributed by atoms with Crippen molar-refractivity contribution in [3.05, 3.63) is 78.5 Å². The maximum absolute atomic E-state index is 4.49. The zero-order valence-electron chi connectivity index (χ0n) is 13.9. The highest BCUT2D eigenvalue weighted by Gasteiger charge is 2.19. The number of rotatable bonds is 2. The lowest BCUT2D eigenvalue weighted by atomic mass is 10.0. The van der Waals surface area contributed by atoms with E-state index in [1.807, 2.05) is 18.3 Å². The van der Waals surface area contributed by atoms with Gasteiger partial charge in [0.2, 0.25) is 0 Å². The molecule has 0 bridgehead atoms. The van der Waals surface area contributed by atoms with Crippen molar-refractivity contribution in [2.45, 2.75) is 6.54 Å². The van der Waals surface area contributed by atoms with Crippen LogP contribution in [0.25, 0.3) is 11.3 Å². The summed E-state index contributed by atoms with van der Waals surface area (Å²) in [6.07, 6.45) is 1.85. The van der Waals surface area contributed by atoms with Crippen LogP contribution in [-0.4, -0.2) is 30.0 Å². The third-order valence-electron chi connectivity index (χ3n) is 4.54. The lowest BCUT2D eigenvalue weighted by Crippen LogP contribution is -2.26. The van der Waals surface area contributed by atoms with Crippen molar-refractivity contribution in [2.24, 2.45) is 0 Å². The lowest BCUT2D eigenvalue weighted by Gasteiger charge is -2.25. The van der Waals surface area contributed by atoms with E-state index in [2.05, 4.69) is 76.4 Å². The molecule has 0 radical (unpaired) electrons. The second kappa shape index (κ2) is 6.46. The summed E-state index contributed by atoms with van der Waals surface area (Å²) in [5.41, 5.74) is 6.10. The van der Waals surface area contributed by atoms with Gasteiger partial charge in [0.1, 0.15) is 0 Å². The Morgan fingerprint density at radius 3 is 2.50 bits per heavy atom. The molecule has 2 aromatic carbocycles. The standard InChI is InChI=1S/C21H21N3/c1-23-13-14-24(19-7-3-2-4-8-19)21-11-10-17(15-18(21)16-23)20-9-5-6-12-22-20/h2-12,15H,13-14,16H2,1H3. The molecule has 0 unspecified atom stereocenters. The van der Waals surface area contributed by atoms with Crippen LogP contribution >= 0.6 is 0 Å². The summed E-state index contributed by atoms with van der Waals surface area (Å²) >= 11 is 0. The molecule has 3 aromatic rings. The van der Waals surface area contributed by atoms with Crippen LogP contribution in [0.3, 0.4) is 0 Å². The van der Waals surface area contributed by atoms with Gasteiger partial charge in [-0.2, -0.15) is 0 Å². The van der Waals surface area contributed by atoms with Crippen molar-refractivity contribution in [1.82, 2.24) is 9.88 Å². The van der Waals surface area contributed by atoms with Gasteiger partial charge in [0.25, 0.3) is 0 Å². The smallest absolute Gasteiger partial charge is 0.0702 e. The van der Waals surface area contributed by atoms with E-state index in [1.54, 1.807) is 0 Å². The van der Waals surface area contributed by atoms with Crippen molar-refractivity contribution in [3.63, 3.8) is 0 Å². The van der Waals surface area contributed by atoms with E-state index in [0.29, 0.717) is 0 Å². The third kappa shape index (κ3) is 2.91. The number of hydrogen-bond acceptors (Lipinski definition) is 3. The highest BCUT2D eigenvalue weighted by atomic mass is 15.2. The summed E-state index contributed by atoms with van der Waals surface area (Å²) in [6, 6.07) is 23.4. The molecule has 4 rings (SSSR count). The Kier molecular flexibility index (Phi) is 4.01. The molecular formula is C21H21N3. The van der Waals surface area contributed by atoms with Crippen LogP contribution in [0.1, 0.15) is 5.56 Å². The molecule has 0 fully saturated rings. The van der Waals surface area contributed by atoms with E-state index < -0.39 is 0 Å². The Bertz CT molecular complexity index is 815. The normalized spacial score (nSPS) is 15.0. The van der Waals surface area contributed by atoms with Crippen LogP contribution in [0, 0.1) is 0 Å².